The van der Waals surface area contributed by atoms with Crippen molar-refractivity contribution in [3.8, 4) is 0 Å². The number of esters is 5. The van der Waals surface area contributed by atoms with Crippen molar-refractivity contribution in [1.82, 2.24) is 0 Å². The highest BCUT2D eigenvalue weighted by Crippen LogP contribution is 2.32. The van der Waals surface area contributed by atoms with E-state index in [9.17, 15) is 24.0 Å². The average Bonchev–Trinajstić information content (AvgIpc) is 2.65. The van der Waals surface area contributed by atoms with Crippen LogP contribution in [0.2, 0.25) is 0 Å². The van der Waals surface area contributed by atoms with E-state index in [0.29, 0.717) is 25.7 Å². The fraction of sp³-hybridized carbons (Fsp3) is 0.750. The standard InChI is InChI=1S/C20H30O11/c1-11(21)27-17-15(9-7-6-8-10-16(25)26-5)31-20(30-14(4)24)19(29-13(3)23)18(17)28-12(2)22/h15,17-20H,6-10H2,1-5H3/t15-,17+,18+,19-,20?/m0/s1. The number of methoxy groups -OCH3 is 1. The molecule has 0 amide bonds. The van der Waals surface area contributed by atoms with E-state index >= 15 is 0 Å². The summed E-state index contributed by atoms with van der Waals surface area (Å²) in [6.07, 6.45) is -3.47. The molecule has 0 N–H and O–H groups in total. The molecule has 0 radical (unpaired) electrons. The third-order valence-corrected chi connectivity index (χ3v) is 4.38. The molecule has 1 aliphatic heterocycles. The van der Waals surface area contributed by atoms with Crippen LogP contribution >= 0.6 is 0 Å². The molecule has 5 atom stereocenters. The fourth-order valence-electron chi connectivity index (χ4n) is 3.24. The Balaban J connectivity index is 3.06. The van der Waals surface area contributed by atoms with Crippen LogP contribution in [0.25, 0.3) is 0 Å². The van der Waals surface area contributed by atoms with Gasteiger partial charge in [-0.3, -0.25) is 24.0 Å². The molecular formula is C20H30O11. The van der Waals surface area contributed by atoms with Crippen molar-refractivity contribution in [3.05, 3.63) is 0 Å². The van der Waals surface area contributed by atoms with E-state index in [2.05, 4.69) is 4.74 Å². The van der Waals surface area contributed by atoms with E-state index in [1.807, 2.05) is 0 Å². The molecule has 176 valence electrons. The number of carbonyl (C=O) groups excluding carboxylic acids is 5. The maximum absolute atomic E-state index is 11.7. The van der Waals surface area contributed by atoms with Gasteiger partial charge in [-0.2, -0.15) is 0 Å². The molecule has 0 aromatic carbocycles. The predicted octanol–water partition coefficient (Wildman–Crippen LogP) is 1.19. The van der Waals surface area contributed by atoms with E-state index in [1.165, 1.54) is 14.0 Å². The minimum Gasteiger partial charge on any atom is -0.469 e. The van der Waals surface area contributed by atoms with Crippen molar-refractivity contribution >= 4 is 29.8 Å². The lowest BCUT2D eigenvalue weighted by Crippen LogP contribution is -2.62. The first kappa shape index (κ1) is 26.3. The Kier molecular flexibility index (Phi) is 10.9. The summed E-state index contributed by atoms with van der Waals surface area (Å²) < 4.78 is 31.4. The van der Waals surface area contributed by atoms with Gasteiger partial charge in [-0.1, -0.05) is 12.8 Å². The molecule has 0 bridgehead atoms. The van der Waals surface area contributed by atoms with Crippen LogP contribution in [0.4, 0.5) is 0 Å². The van der Waals surface area contributed by atoms with Crippen LogP contribution in [0.3, 0.4) is 0 Å². The zero-order valence-corrected chi connectivity index (χ0v) is 18.4. The molecule has 1 rings (SSSR count). The molecule has 1 unspecified atom stereocenters. The molecular weight excluding hydrogens is 416 g/mol. The smallest absolute Gasteiger partial charge is 0.305 e. The normalized spacial score (nSPS) is 25.1. The first-order valence-corrected chi connectivity index (χ1v) is 9.96. The Morgan fingerprint density at radius 3 is 1.71 bits per heavy atom. The summed E-state index contributed by atoms with van der Waals surface area (Å²) in [5.74, 6) is -3.12. The second-order valence-corrected chi connectivity index (χ2v) is 7.05. The first-order valence-electron chi connectivity index (χ1n) is 9.96. The van der Waals surface area contributed by atoms with Crippen LogP contribution in [0.5, 0.6) is 0 Å². The van der Waals surface area contributed by atoms with Crippen LogP contribution < -0.4 is 0 Å². The minimum atomic E-state index is -1.36. The van der Waals surface area contributed by atoms with Crippen LogP contribution in [-0.4, -0.2) is 67.7 Å². The first-order chi connectivity index (χ1) is 14.5. The monoisotopic (exact) mass is 446 g/mol. The third-order valence-electron chi connectivity index (χ3n) is 4.38. The fourth-order valence-corrected chi connectivity index (χ4v) is 3.24. The van der Waals surface area contributed by atoms with Gasteiger partial charge < -0.3 is 28.4 Å². The van der Waals surface area contributed by atoms with Crippen molar-refractivity contribution in [2.24, 2.45) is 0 Å². The van der Waals surface area contributed by atoms with Gasteiger partial charge in [0.25, 0.3) is 0 Å². The van der Waals surface area contributed by atoms with Crippen molar-refractivity contribution < 1.29 is 52.4 Å². The molecule has 1 aliphatic rings. The molecule has 0 aromatic rings. The largest absolute Gasteiger partial charge is 0.469 e. The van der Waals surface area contributed by atoms with E-state index < -0.39 is 54.6 Å². The van der Waals surface area contributed by atoms with Crippen molar-refractivity contribution in [2.45, 2.75) is 90.5 Å². The maximum atomic E-state index is 11.7. The van der Waals surface area contributed by atoms with E-state index in [-0.39, 0.29) is 12.4 Å². The second kappa shape index (κ2) is 12.9. The summed E-state index contributed by atoms with van der Waals surface area (Å²) in [7, 11) is 1.31. The quantitative estimate of drug-likeness (QED) is 0.271. The SMILES string of the molecule is COC(=O)CCCCC[C@@H]1OC(OC(C)=O)[C@@H](OC(C)=O)[C@H](OC(C)=O)[C@@H]1OC(C)=O. The van der Waals surface area contributed by atoms with Crippen molar-refractivity contribution in [1.29, 1.82) is 0 Å². The Hall–Kier alpha value is -2.69. The highest BCUT2D eigenvalue weighted by atomic mass is 16.7. The summed E-state index contributed by atoms with van der Waals surface area (Å²) in [6, 6.07) is 0. The molecule has 0 saturated carbocycles. The highest BCUT2D eigenvalue weighted by molar-refractivity contribution is 5.69. The van der Waals surface area contributed by atoms with Gasteiger partial charge in [0.15, 0.2) is 12.2 Å². The van der Waals surface area contributed by atoms with E-state index in [1.54, 1.807) is 0 Å². The molecule has 0 aromatic heterocycles. The van der Waals surface area contributed by atoms with Crippen LogP contribution in [-0.2, 0) is 52.4 Å². The average molecular weight is 446 g/mol. The Morgan fingerprint density at radius 2 is 1.19 bits per heavy atom. The van der Waals surface area contributed by atoms with Crippen molar-refractivity contribution in [3.63, 3.8) is 0 Å². The van der Waals surface area contributed by atoms with E-state index in [4.69, 9.17) is 23.7 Å². The van der Waals surface area contributed by atoms with Gasteiger partial charge in [0.1, 0.15) is 6.10 Å². The number of unbranched alkanes of at least 4 members (excludes halogenated alkanes) is 2. The molecule has 11 nitrogen and oxygen atoms in total. The predicted molar refractivity (Wildman–Crippen MR) is 102 cm³/mol. The molecule has 1 saturated heterocycles. The third kappa shape index (κ3) is 9.33. The number of hydrogen-bond donors (Lipinski definition) is 0. The highest BCUT2D eigenvalue weighted by Gasteiger charge is 2.52. The Labute approximate surface area is 180 Å². The summed E-state index contributed by atoms with van der Waals surface area (Å²) >= 11 is 0. The molecule has 31 heavy (non-hydrogen) atoms. The zero-order valence-electron chi connectivity index (χ0n) is 18.4. The number of hydrogen-bond acceptors (Lipinski definition) is 11. The van der Waals surface area contributed by atoms with Crippen LogP contribution in [0.1, 0.15) is 59.8 Å². The minimum absolute atomic E-state index is 0.260. The summed E-state index contributed by atoms with van der Waals surface area (Å²) in [4.78, 5) is 57.8. The van der Waals surface area contributed by atoms with Gasteiger partial charge >= 0.3 is 29.8 Å². The summed E-state index contributed by atoms with van der Waals surface area (Å²) in [5.41, 5.74) is 0. The number of carbonyl (C=O) groups is 5. The van der Waals surface area contributed by atoms with Crippen LogP contribution in [0.15, 0.2) is 0 Å². The van der Waals surface area contributed by atoms with Crippen LogP contribution in [0, 0.1) is 0 Å². The number of ether oxygens (including phenoxy) is 6. The molecule has 1 heterocycles. The Morgan fingerprint density at radius 1 is 0.677 bits per heavy atom. The van der Waals surface area contributed by atoms with Gasteiger partial charge in [0.2, 0.25) is 12.4 Å². The summed E-state index contributed by atoms with van der Waals surface area (Å²) in [6.45, 7) is 4.60. The van der Waals surface area contributed by atoms with Gasteiger partial charge in [-0.15, -0.1) is 0 Å². The molecule has 0 spiro atoms. The lowest BCUT2D eigenvalue weighted by Gasteiger charge is -2.44. The molecule has 11 heteroatoms. The molecule has 1 fully saturated rings. The lowest BCUT2D eigenvalue weighted by molar-refractivity contribution is -0.296. The van der Waals surface area contributed by atoms with Gasteiger partial charge in [-0.05, 0) is 12.8 Å². The van der Waals surface area contributed by atoms with Gasteiger partial charge in [-0.25, -0.2) is 0 Å². The number of rotatable bonds is 10. The zero-order chi connectivity index (χ0) is 23.6. The topological polar surface area (TPSA) is 141 Å². The summed E-state index contributed by atoms with van der Waals surface area (Å²) in [5, 5.41) is 0. The molecule has 0 aliphatic carbocycles. The van der Waals surface area contributed by atoms with E-state index in [0.717, 1.165) is 20.8 Å². The second-order valence-electron chi connectivity index (χ2n) is 7.05. The Bertz CT molecular complexity index is 660. The van der Waals surface area contributed by atoms with Gasteiger partial charge in [0.05, 0.1) is 7.11 Å². The maximum Gasteiger partial charge on any atom is 0.305 e. The van der Waals surface area contributed by atoms with Gasteiger partial charge in [0, 0.05) is 34.1 Å². The lowest BCUT2D eigenvalue weighted by atomic mass is 9.94. The van der Waals surface area contributed by atoms with Crippen molar-refractivity contribution in [2.75, 3.05) is 7.11 Å².